The van der Waals surface area contributed by atoms with E-state index in [1.807, 2.05) is 48.5 Å². The number of rotatable bonds is 8. The molecule has 10 heteroatoms. The van der Waals surface area contributed by atoms with Gasteiger partial charge in [0.1, 0.15) is 28.5 Å². The molecule has 2 fully saturated rings. The van der Waals surface area contributed by atoms with E-state index >= 15 is 0 Å². The summed E-state index contributed by atoms with van der Waals surface area (Å²) in [6.45, 7) is 7.47. The number of piperazine rings is 1. The highest BCUT2D eigenvalue weighted by atomic mass is 16.5. The third-order valence-electron chi connectivity index (χ3n) is 8.79. The van der Waals surface area contributed by atoms with Crippen molar-refractivity contribution in [1.29, 1.82) is 0 Å². The Bertz CT molecular complexity index is 1810. The number of fused-ring (bicyclic) bond motifs is 1. The van der Waals surface area contributed by atoms with E-state index in [0.717, 1.165) is 84.2 Å². The maximum atomic E-state index is 6.75. The first-order valence-corrected chi connectivity index (χ1v) is 15.9. The lowest BCUT2D eigenvalue weighted by Gasteiger charge is -2.34. The lowest BCUT2D eigenvalue weighted by molar-refractivity contribution is 0.122. The second-order valence-corrected chi connectivity index (χ2v) is 11.9. The predicted octanol–water partition coefficient (Wildman–Crippen LogP) is 4.78. The highest BCUT2D eigenvalue weighted by Crippen LogP contribution is 2.35. The zero-order valence-corrected chi connectivity index (χ0v) is 26.5. The lowest BCUT2D eigenvalue weighted by atomic mass is 10.1. The Morgan fingerprint density at radius 1 is 0.870 bits per heavy atom. The Morgan fingerprint density at radius 2 is 1.59 bits per heavy atom. The molecule has 2 saturated heterocycles. The van der Waals surface area contributed by atoms with Gasteiger partial charge in [0.05, 0.1) is 32.6 Å². The van der Waals surface area contributed by atoms with E-state index in [-0.39, 0.29) is 0 Å². The number of aromatic nitrogens is 3. The van der Waals surface area contributed by atoms with Gasteiger partial charge in [0, 0.05) is 55.9 Å². The monoisotopic (exact) mass is 616 g/mol. The van der Waals surface area contributed by atoms with Gasteiger partial charge in [-0.15, -0.1) is 0 Å². The van der Waals surface area contributed by atoms with Crippen LogP contribution >= 0.6 is 0 Å². The van der Waals surface area contributed by atoms with E-state index in [1.165, 1.54) is 5.69 Å². The summed E-state index contributed by atoms with van der Waals surface area (Å²) >= 11 is 0. The first-order chi connectivity index (χ1) is 22.6. The standard InChI is InChI=1S/C36H40N8O2/c1-41-16-18-42(19-17-41)29-12-10-28(11-13-29)38-35(37)32-24-31-33(27-6-4-3-5-7-27)40-44(25-26-8-14-30(45-2)15-9-26)34(31)36(39-32)43-20-22-46-23-21-43/h3-15,24H,16-23,25H2,1-2H3,(H2,37,38). The van der Waals surface area contributed by atoms with E-state index in [2.05, 4.69) is 62.8 Å². The molecule has 0 bridgehead atoms. The Kier molecular flexibility index (Phi) is 8.54. The SMILES string of the molecule is COc1ccc(Cn2nc(-c3ccccc3)c3cc(C(N)=Nc4ccc(N5CCN(C)CC5)cc4)nc(N4CCOCC4)c32)cc1. The topological polar surface area (TPSA) is 97.3 Å². The number of pyridine rings is 1. The van der Waals surface area contributed by atoms with Gasteiger partial charge in [-0.05, 0) is 55.1 Å². The summed E-state index contributed by atoms with van der Waals surface area (Å²) in [4.78, 5) is 17.1. The van der Waals surface area contributed by atoms with Gasteiger partial charge < -0.3 is 29.9 Å². The van der Waals surface area contributed by atoms with E-state index < -0.39 is 0 Å². The van der Waals surface area contributed by atoms with Crippen LogP contribution in [0.2, 0.25) is 0 Å². The number of morpholine rings is 1. The maximum Gasteiger partial charge on any atom is 0.155 e. The molecule has 0 atom stereocenters. The third kappa shape index (κ3) is 6.27. The normalized spacial score (nSPS) is 16.3. The van der Waals surface area contributed by atoms with E-state index in [1.54, 1.807) is 7.11 Å². The fourth-order valence-corrected chi connectivity index (χ4v) is 6.14. The van der Waals surface area contributed by atoms with Crippen LogP contribution in [-0.4, -0.2) is 92.1 Å². The van der Waals surface area contributed by atoms with Crippen molar-refractivity contribution in [2.24, 2.45) is 10.7 Å². The summed E-state index contributed by atoms with van der Waals surface area (Å²) in [6, 6.07) is 28.7. The molecule has 0 amide bonds. The highest BCUT2D eigenvalue weighted by molar-refractivity contribution is 6.06. The molecule has 2 aliphatic heterocycles. The van der Waals surface area contributed by atoms with Crippen molar-refractivity contribution in [1.82, 2.24) is 19.7 Å². The number of ether oxygens (including phenoxy) is 2. The molecule has 0 saturated carbocycles. The molecule has 2 aliphatic rings. The molecule has 5 aromatic rings. The number of anilines is 2. The molecule has 0 spiro atoms. The van der Waals surface area contributed by atoms with Gasteiger partial charge in [0.25, 0.3) is 0 Å². The Labute approximate surface area is 269 Å². The average Bonchev–Trinajstić information content (AvgIpc) is 3.47. The van der Waals surface area contributed by atoms with Crippen LogP contribution in [0.1, 0.15) is 11.3 Å². The van der Waals surface area contributed by atoms with Gasteiger partial charge in [-0.25, -0.2) is 9.98 Å². The van der Waals surface area contributed by atoms with Gasteiger partial charge in [-0.1, -0.05) is 42.5 Å². The number of hydrogen-bond donors (Lipinski definition) is 1. The molecule has 2 aromatic heterocycles. The molecule has 0 radical (unpaired) electrons. The first-order valence-electron chi connectivity index (χ1n) is 15.9. The Hall–Kier alpha value is -4.93. The molecule has 46 heavy (non-hydrogen) atoms. The molecular formula is C36H40N8O2. The summed E-state index contributed by atoms with van der Waals surface area (Å²) in [5, 5.41) is 6.18. The minimum absolute atomic E-state index is 0.366. The second-order valence-electron chi connectivity index (χ2n) is 11.9. The quantitative estimate of drug-likeness (QED) is 0.197. The summed E-state index contributed by atoms with van der Waals surface area (Å²) < 4.78 is 13.2. The molecule has 0 aliphatic carbocycles. The van der Waals surface area contributed by atoms with Crippen molar-refractivity contribution in [2.45, 2.75) is 6.54 Å². The van der Waals surface area contributed by atoms with E-state index in [9.17, 15) is 0 Å². The molecule has 2 N–H and O–H groups in total. The van der Waals surface area contributed by atoms with Crippen molar-refractivity contribution < 1.29 is 9.47 Å². The molecule has 10 nitrogen and oxygen atoms in total. The Morgan fingerprint density at radius 3 is 2.28 bits per heavy atom. The maximum absolute atomic E-state index is 6.75. The first kappa shape index (κ1) is 29.8. The summed E-state index contributed by atoms with van der Waals surface area (Å²) in [7, 11) is 3.85. The molecule has 7 rings (SSSR count). The third-order valence-corrected chi connectivity index (χ3v) is 8.79. The fraction of sp³-hybridized carbons (Fsp3) is 0.306. The van der Waals surface area contributed by atoms with Crippen LogP contribution in [0.25, 0.3) is 22.2 Å². The summed E-state index contributed by atoms with van der Waals surface area (Å²) in [5.41, 5.74) is 13.4. The van der Waals surface area contributed by atoms with Crippen LogP contribution in [0.3, 0.4) is 0 Å². The zero-order valence-electron chi connectivity index (χ0n) is 26.5. The van der Waals surface area contributed by atoms with Crippen molar-refractivity contribution in [2.75, 3.05) is 76.4 Å². The largest absolute Gasteiger partial charge is 0.497 e. The predicted molar refractivity (Wildman–Crippen MR) is 185 cm³/mol. The molecule has 4 heterocycles. The van der Waals surface area contributed by atoms with Crippen molar-refractivity contribution >= 4 is 33.9 Å². The van der Waals surface area contributed by atoms with Crippen LogP contribution in [0.4, 0.5) is 17.2 Å². The van der Waals surface area contributed by atoms with Gasteiger partial charge in [-0.3, -0.25) is 4.68 Å². The summed E-state index contributed by atoms with van der Waals surface area (Å²) in [6.07, 6.45) is 0. The minimum Gasteiger partial charge on any atom is -0.497 e. The van der Waals surface area contributed by atoms with Crippen LogP contribution < -0.4 is 20.3 Å². The van der Waals surface area contributed by atoms with E-state index in [0.29, 0.717) is 31.3 Å². The van der Waals surface area contributed by atoms with Gasteiger partial charge in [-0.2, -0.15) is 5.10 Å². The average molecular weight is 617 g/mol. The van der Waals surface area contributed by atoms with Crippen LogP contribution in [0.15, 0.2) is 89.9 Å². The second kappa shape index (κ2) is 13.2. The number of nitrogens with zero attached hydrogens (tertiary/aromatic N) is 7. The minimum atomic E-state index is 0.366. The molecule has 3 aromatic carbocycles. The van der Waals surface area contributed by atoms with Crippen LogP contribution in [0.5, 0.6) is 5.75 Å². The number of amidine groups is 1. The van der Waals surface area contributed by atoms with Crippen molar-refractivity contribution in [3.8, 4) is 17.0 Å². The van der Waals surface area contributed by atoms with Gasteiger partial charge in [0.15, 0.2) is 5.82 Å². The van der Waals surface area contributed by atoms with Crippen molar-refractivity contribution in [3.05, 3.63) is 96.2 Å². The molecule has 0 unspecified atom stereocenters. The Balaban J connectivity index is 1.31. The number of likely N-dealkylation sites (N-methyl/N-ethyl adjacent to an activating group) is 1. The number of aliphatic imine (C=N–C) groups is 1. The van der Waals surface area contributed by atoms with Gasteiger partial charge >= 0.3 is 0 Å². The van der Waals surface area contributed by atoms with E-state index in [4.69, 9.17) is 30.3 Å². The lowest BCUT2D eigenvalue weighted by Crippen LogP contribution is -2.44. The fourth-order valence-electron chi connectivity index (χ4n) is 6.14. The van der Waals surface area contributed by atoms with Gasteiger partial charge in [0.2, 0.25) is 0 Å². The highest BCUT2D eigenvalue weighted by Gasteiger charge is 2.24. The van der Waals surface area contributed by atoms with Crippen LogP contribution in [0, 0.1) is 0 Å². The molecular weight excluding hydrogens is 576 g/mol. The number of benzene rings is 3. The molecule has 236 valence electrons. The summed E-state index contributed by atoms with van der Waals surface area (Å²) in [5.74, 6) is 2.02. The number of hydrogen-bond acceptors (Lipinski definition) is 8. The smallest absolute Gasteiger partial charge is 0.155 e. The number of nitrogens with two attached hydrogens (primary N) is 1. The van der Waals surface area contributed by atoms with Crippen LogP contribution in [-0.2, 0) is 11.3 Å². The van der Waals surface area contributed by atoms with Crippen molar-refractivity contribution in [3.63, 3.8) is 0 Å². The zero-order chi connectivity index (χ0) is 31.5. The number of methoxy groups -OCH3 is 1.